The molecule has 2 aromatic heterocycles. The van der Waals surface area contributed by atoms with E-state index in [-0.39, 0.29) is 0 Å². The molecule has 2 aromatic rings. The maximum atomic E-state index is 5.56. The minimum atomic E-state index is 0.666. The first kappa shape index (κ1) is 17.7. The van der Waals surface area contributed by atoms with E-state index in [0.717, 1.165) is 62.1 Å². The molecule has 0 bridgehead atoms. The summed E-state index contributed by atoms with van der Waals surface area (Å²) in [5, 5.41) is 5.25. The smallest absolute Gasteiger partial charge is 0.189 e. The predicted molar refractivity (Wildman–Crippen MR) is 112 cm³/mol. The van der Waals surface area contributed by atoms with Gasteiger partial charge in [0.05, 0.1) is 11.4 Å². The van der Waals surface area contributed by atoms with Crippen LogP contribution in [-0.4, -0.2) is 65.5 Å². The number of piperazine rings is 1. The Morgan fingerprint density at radius 1 is 1.04 bits per heavy atom. The molecule has 0 aliphatic carbocycles. The average Bonchev–Trinajstić information content (AvgIpc) is 2.74. The summed E-state index contributed by atoms with van der Waals surface area (Å²) in [5.41, 5.74) is 6.08. The molecular formula is C19H23N7S. The summed E-state index contributed by atoms with van der Waals surface area (Å²) in [7, 11) is 2.08. The van der Waals surface area contributed by atoms with Gasteiger partial charge in [-0.15, -0.1) is 0 Å². The van der Waals surface area contributed by atoms with E-state index >= 15 is 0 Å². The highest BCUT2D eigenvalue weighted by Gasteiger charge is 2.22. The molecule has 0 spiro atoms. The Kier molecular flexibility index (Phi) is 5.15. The van der Waals surface area contributed by atoms with Crippen LogP contribution in [0.3, 0.4) is 0 Å². The summed E-state index contributed by atoms with van der Waals surface area (Å²) in [4.78, 5) is 15.6. The van der Waals surface area contributed by atoms with E-state index in [1.165, 1.54) is 0 Å². The van der Waals surface area contributed by atoms with Crippen molar-refractivity contribution in [3.8, 4) is 0 Å². The Hall–Kier alpha value is -2.74. The number of nitrogens with one attached hydrogen (secondary N) is 1. The molecule has 0 aromatic carbocycles. The number of hydrogen-bond donors (Lipinski definition) is 1. The number of fused-ring (bicyclic) bond motifs is 1. The zero-order chi connectivity index (χ0) is 18.6. The number of rotatable bonds is 2. The molecule has 8 heteroatoms. The number of hydrazone groups is 1. The largest absolute Gasteiger partial charge is 0.372 e. The second kappa shape index (κ2) is 7.87. The molecule has 4 heterocycles. The lowest BCUT2D eigenvalue weighted by Gasteiger charge is -2.36. The molecule has 2 aliphatic heterocycles. The van der Waals surface area contributed by atoms with Gasteiger partial charge in [-0.2, -0.15) is 5.10 Å². The summed E-state index contributed by atoms with van der Waals surface area (Å²) in [5.74, 6) is 1.02. The number of nitrogens with zero attached hydrogens (tertiary/aromatic N) is 6. The average molecular weight is 382 g/mol. The number of hydrogen-bond acceptors (Lipinski definition) is 6. The second-order valence-corrected chi connectivity index (χ2v) is 7.07. The second-order valence-electron chi connectivity index (χ2n) is 6.68. The molecule has 7 nitrogen and oxygen atoms in total. The third-order valence-corrected chi connectivity index (χ3v) is 5.33. The summed E-state index contributed by atoms with van der Waals surface area (Å²) < 4.78 is 0. The summed E-state index contributed by atoms with van der Waals surface area (Å²) in [6.07, 6.45) is 4.49. The van der Waals surface area contributed by atoms with Gasteiger partial charge in [0, 0.05) is 58.6 Å². The van der Waals surface area contributed by atoms with Crippen LogP contribution < -0.4 is 15.2 Å². The molecule has 1 fully saturated rings. The fraction of sp³-hybridized carbons (Fsp3) is 0.368. The number of anilines is 2. The molecule has 140 valence electrons. The highest BCUT2D eigenvalue weighted by atomic mass is 32.1. The van der Waals surface area contributed by atoms with Crippen LogP contribution in [0.4, 0.5) is 11.5 Å². The van der Waals surface area contributed by atoms with Gasteiger partial charge >= 0.3 is 0 Å². The van der Waals surface area contributed by atoms with Crippen LogP contribution in [0.15, 0.2) is 47.8 Å². The van der Waals surface area contributed by atoms with Gasteiger partial charge in [-0.1, -0.05) is 6.07 Å². The molecule has 27 heavy (non-hydrogen) atoms. The van der Waals surface area contributed by atoms with Crippen LogP contribution in [0.25, 0.3) is 0 Å². The minimum absolute atomic E-state index is 0.666. The van der Waals surface area contributed by atoms with Gasteiger partial charge < -0.3 is 14.7 Å². The normalized spacial score (nSPS) is 18.4. The molecule has 1 N–H and O–H groups in total. The van der Waals surface area contributed by atoms with E-state index in [4.69, 9.17) is 12.2 Å². The van der Waals surface area contributed by atoms with E-state index in [9.17, 15) is 0 Å². The maximum Gasteiger partial charge on any atom is 0.189 e. The Morgan fingerprint density at radius 2 is 1.85 bits per heavy atom. The number of pyridine rings is 2. The van der Waals surface area contributed by atoms with Crippen molar-refractivity contribution in [1.82, 2.24) is 20.3 Å². The molecular weight excluding hydrogens is 358 g/mol. The van der Waals surface area contributed by atoms with E-state index < -0.39 is 0 Å². The summed E-state index contributed by atoms with van der Waals surface area (Å²) in [6.45, 7) is 4.42. The molecule has 2 aliphatic rings. The highest BCUT2D eigenvalue weighted by molar-refractivity contribution is 7.80. The lowest BCUT2D eigenvalue weighted by molar-refractivity contribution is 0.380. The Labute approximate surface area is 164 Å². The van der Waals surface area contributed by atoms with Gasteiger partial charge in [0.2, 0.25) is 0 Å². The van der Waals surface area contributed by atoms with Crippen LogP contribution in [0, 0.1) is 0 Å². The van der Waals surface area contributed by atoms with Crippen molar-refractivity contribution in [2.75, 3.05) is 49.6 Å². The number of aromatic nitrogens is 2. The van der Waals surface area contributed by atoms with Gasteiger partial charge in [0.1, 0.15) is 11.5 Å². The van der Waals surface area contributed by atoms with Crippen LogP contribution in [0.2, 0.25) is 0 Å². The van der Waals surface area contributed by atoms with Crippen LogP contribution >= 0.6 is 12.2 Å². The summed E-state index contributed by atoms with van der Waals surface area (Å²) in [6, 6.07) is 10.0. The maximum absolute atomic E-state index is 5.56. The first-order chi connectivity index (χ1) is 13.2. The lowest BCUT2D eigenvalue weighted by atomic mass is 10.1. The quantitative estimate of drug-likeness (QED) is 0.628. The van der Waals surface area contributed by atoms with E-state index in [1.54, 1.807) is 0 Å². The molecule has 1 saturated heterocycles. The van der Waals surface area contributed by atoms with Crippen LogP contribution in [-0.2, 0) is 0 Å². The minimum Gasteiger partial charge on any atom is -0.372 e. The van der Waals surface area contributed by atoms with Crippen LogP contribution in [0.1, 0.15) is 12.1 Å². The Balaban J connectivity index is 1.37. The van der Waals surface area contributed by atoms with Crippen molar-refractivity contribution < 1.29 is 0 Å². The van der Waals surface area contributed by atoms with Crippen molar-refractivity contribution in [3.63, 3.8) is 0 Å². The van der Waals surface area contributed by atoms with Crippen molar-refractivity contribution in [2.45, 2.75) is 6.42 Å². The topological polar surface area (TPSA) is 59.9 Å². The lowest BCUT2D eigenvalue weighted by Crippen LogP contribution is -2.51. The summed E-state index contributed by atoms with van der Waals surface area (Å²) >= 11 is 5.56. The van der Waals surface area contributed by atoms with Crippen molar-refractivity contribution >= 4 is 34.5 Å². The molecule has 0 amide bonds. The van der Waals surface area contributed by atoms with Crippen LogP contribution in [0.5, 0.6) is 0 Å². The van der Waals surface area contributed by atoms with Gasteiger partial charge in [0.15, 0.2) is 5.11 Å². The van der Waals surface area contributed by atoms with E-state index in [2.05, 4.69) is 48.3 Å². The third kappa shape index (κ3) is 3.85. The van der Waals surface area contributed by atoms with Crippen molar-refractivity contribution in [3.05, 3.63) is 48.4 Å². The molecule has 0 atom stereocenters. The fourth-order valence-electron chi connectivity index (χ4n) is 3.41. The van der Waals surface area contributed by atoms with E-state index in [0.29, 0.717) is 5.11 Å². The van der Waals surface area contributed by atoms with Crippen molar-refractivity contribution in [1.29, 1.82) is 0 Å². The predicted octanol–water partition coefficient (Wildman–Crippen LogP) is 1.72. The van der Waals surface area contributed by atoms with Gasteiger partial charge in [-0.3, -0.25) is 10.4 Å². The van der Waals surface area contributed by atoms with Gasteiger partial charge in [0.25, 0.3) is 0 Å². The van der Waals surface area contributed by atoms with Crippen molar-refractivity contribution in [2.24, 2.45) is 5.10 Å². The zero-order valence-electron chi connectivity index (χ0n) is 15.4. The standard InChI is InChI=1S/C19H23N7S/c1-24-10-7-15(18-16(24)5-4-9-21-18)22-23-19(27)26-13-11-25(12-14-26)17-6-2-3-8-20-17/h2-6,8-9H,7,10-14H2,1H3,(H,23,27)/b22-15-. The molecule has 0 radical (unpaired) electrons. The Bertz CT molecular complexity index is 831. The van der Waals surface area contributed by atoms with Gasteiger partial charge in [-0.25, -0.2) is 4.98 Å². The highest BCUT2D eigenvalue weighted by Crippen LogP contribution is 2.23. The Morgan fingerprint density at radius 3 is 2.63 bits per heavy atom. The van der Waals surface area contributed by atoms with E-state index in [1.807, 2.05) is 36.7 Å². The third-order valence-electron chi connectivity index (χ3n) is 4.98. The number of thiocarbonyl (C=S) groups is 1. The zero-order valence-corrected chi connectivity index (χ0v) is 16.2. The molecule has 0 saturated carbocycles. The molecule has 4 rings (SSSR count). The molecule has 0 unspecified atom stereocenters. The first-order valence-electron chi connectivity index (χ1n) is 9.16. The van der Waals surface area contributed by atoms with Gasteiger partial charge in [-0.05, 0) is 36.5 Å². The first-order valence-corrected chi connectivity index (χ1v) is 9.57. The fourth-order valence-corrected chi connectivity index (χ4v) is 3.64. The monoisotopic (exact) mass is 381 g/mol. The SMILES string of the molecule is CN1CC/C(=N/NC(=S)N2CCN(c3ccccn3)CC2)c2ncccc21.